The molecule has 2 aliphatic rings. The van der Waals surface area contributed by atoms with Gasteiger partial charge in [-0.1, -0.05) is 33.1 Å². The van der Waals surface area contributed by atoms with Gasteiger partial charge in [0, 0.05) is 31.2 Å². The van der Waals surface area contributed by atoms with Gasteiger partial charge in [-0.3, -0.25) is 9.48 Å². The maximum atomic E-state index is 13.2. The average Bonchev–Trinajstić information content (AvgIpc) is 3.33. The lowest BCUT2D eigenvalue weighted by molar-refractivity contribution is -0.131. The molecule has 158 valence electrons. The summed E-state index contributed by atoms with van der Waals surface area (Å²) in [5.41, 5.74) is 2.14. The molecule has 1 saturated carbocycles. The number of aryl methyl sites for hydroxylation is 2. The van der Waals surface area contributed by atoms with Gasteiger partial charge in [0.25, 0.3) is 0 Å². The fourth-order valence-electron chi connectivity index (χ4n) is 5.41. The van der Waals surface area contributed by atoms with E-state index in [1.807, 2.05) is 30.9 Å². The third-order valence-electron chi connectivity index (χ3n) is 6.76. The fraction of sp³-hybridized carbons (Fsp3) is 0.727. The van der Waals surface area contributed by atoms with E-state index >= 15 is 0 Å². The quantitative estimate of drug-likeness (QED) is 0.775. The van der Waals surface area contributed by atoms with Crippen molar-refractivity contribution in [2.75, 3.05) is 13.1 Å². The number of nitrogens with zero attached hydrogens (tertiary/aromatic N) is 6. The van der Waals surface area contributed by atoms with Gasteiger partial charge in [0.05, 0.1) is 5.69 Å². The maximum absolute atomic E-state index is 13.2. The highest BCUT2D eigenvalue weighted by atomic mass is 16.2. The van der Waals surface area contributed by atoms with Crippen molar-refractivity contribution < 1.29 is 4.79 Å². The summed E-state index contributed by atoms with van der Waals surface area (Å²) in [7, 11) is 0. The molecule has 0 aromatic carbocycles. The molecule has 1 spiro atoms. The molecule has 0 radical (unpaired) electrons. The van der Waals surface area contributed by atoms with E-state index in [1.165, 1.54) is 32.1 Å². The van der Waals surface area contributed by atoms with E-state index in [0.717, 1.165) is 36.8 Å². The van der Waals surface area contributed by atoms with Crippen LogP contribution in [0.5, 0.6) is 0 Å². The molecule has 4 rings (SSSR count). The molecule has 7 heteroatoms. The molecule has 1 aliphatic heterocycles. The van der Waals surface area contributed by atoms with Crippen LogP contribution in [0, 0.1) is 25.2 Å². The highest BCUT2D eigenvalue weighted by Crippen LogP contribution is 2.51. The largest absolute Gasteiger partial charge is 0.340 e. The zero-order chi connectivity index (χ0) is 20.6. The van der Waals surface area contributed by atoms with Crippen molar-refractivity contribution in [2.24, 2.45) is 11.3 Å². The van der Waals surface area contributed by atoms with Crippen molar-refractivity contribution in [3.8, 4) is 0 Å². The van der Waals surface area contributed by atoms with E-state index in [-0.39, 0.29) is 17.2 Å². The Morgan fingerprint density at radius 3 is 2.66 bits per heavy atom. The van der Waals surface area contributed by atoms with Crippen LogP contribution in [-0.2, 0) is 17.9 Å². The summed E-state index contributed by atoms with van der Waals surface area (Å²) in [6.07, 6.45) is 8.01. The second-order valence-corrected chi connectivity index (χ2v) is 9.57. The van der Waals surface area contributed by atoms with Gasteiger partial charge in [-0.05, 0) is 44.1 Å². The number of hydrogen-bond donors (Lipinski definition) is 0. The van der Waals surface area contributed by atoms with Crippen LogP contribution in [0.1, 0.15) is 69.1 Å². The number of rotatable bonds is 5. The highest BCUT2D eigenvalue weighted by Gasteiger charge is 2.50. The monoisotopic (exact) mass is 398 g/mol. The van der Waals surface area contributed by atoms with Gasteiger partial charge in [0.2, 0.25) is 5.91 Å². The highest BCUT2D eigenvalue weighted by molar-refractivity contribution is 5.76. The topological polar surface area (TPSA) is 68.8 Å². The van der Waals surface area contributed by atoms with Crippen LogP contribution in [0.25, 0.3) is 0 Å². The molecule has 3 heterocycles. The Hall–Kier alpha value is -2.18. The molecule has 1 unspecified atom stereocenters. The Balaban J connectivity index is 1.58. The van der Waals surface area contributed by atoms with Crippen molar-refractivity contribution >= 4 is 5.91 Å². The van der Waals surface area contributed by atoms with Crippen LogP contribution in [0.4, 0.5) is 0 Å². The third-order valence-corrected chi connectivity index (χ3v) is 6.76. The van der Waals surface area contributed by atoms with Crippen molar-refractivity contribution in [3.63, 3.8) is 0 Å². The van der Waals surface area contributed by atoms with Crippen molar-refractivity contribution in [2.45, 2.75) is 78.8 Å². The molecule has 1 atom stereocenters. The lowest BCUT2D eigenvalue weighted by atomic mass is 9.67. The summed E-state index contributed by atoms with van der Waals surface area (Å²) >= 11 is 0. The molecule has 1 aliphatic carbocycles. The molecule has 1 amide bonds. The summed E-state index contributed by atoms with van der Waals surface area (Å²) in [5.74, 6) is 2.05. The summed E-state index contributed by atoms with van der Waals surface area (Å²) in [4.78, 5) is 15.3. The second-order valence-electron chi connectivity index (χ2n) is 9.57. The van der Waals surface area contributed by atoms with E-state index in [1.54, 1.807) is 0 Å². The van der Waals surface area contributed by atoms with Gasteiger partial charge in [0.15, 0.2) is 0 Å². The molecule has 2 aromatic heterocycles. The number of carbonyl (C=O) groups is 1. The number of likely N-dealkylation sites (tertiary alicyclic amines) is 1. The summed E-state index contributed by atoms with van der Waals surface area (Å²) in [6, 6.07) is 2.02. The predicted octanol–water partition coefficient (Wildman–Crippen LogP) is 3.32. The molecule has 29 heavy (non-hydrogen) atoms. The zero-order valence-electron chi connectivity index (χ0n) is 18.3. The molecule has 0 bridgehead atoms. The van der Waals surface area contributed by atoms with Gasteiger partial charge < -0.3 is 9.47 Å². The Kier molecular flexibility index (Phi) is 5.49. The van der Waals surface area contributed by atoms with E-state index in [4.69, 9.17) is 0 Å². The van der Waals surface area contributed by atoms with Crippen LogP contribution in [0.2, 0.25) is 0 Å². The van der Waals surface area contributed by atoms with Gasteiger partial charge >= 0.3 is 0 Å². The molecular formula is C22H34N6O. The first-order valence-electron chi connectivity index (χ1n) is 11.0. The van der Waals surface area contributed by atoms with Crippen LogP contribution in [0.15, 0.2) is 12.4 Å². The minimum atomic E-state index is 0.144. The molecule has 0 N–H and O–H groups in total. The molecule has 7 nitrogen and oxygen atoms in total. The number of hydrogen-bond acceptors (Lipinski definition) is 4. The predicted molar refractivity (Wildman–Crippen MR) is 111 cm³/mol. The standard InChI is InChI=1S/C22H34N6O/c1-16(2)11-27-15-23-24-21(27)19-12-26(14-22(19)8-6-5-7-9-22)20(29)13-28-18(4)10-17(3)25-28/h10,15-16,19H,5-9,11-14H2,1-4H3. The minimum Gasteiger partial charge on any atom is -0.340 e. The summed E-state index contributed by atoms with van der Waals surface area (Å²) in [5, 5.41) is 13.3. The van der Waals surface area contributed by atoms with Crippen molar-refractivity contribution in [1.29, 1.82) is 0 Å². The number of amides is 1. The Bertz CT molecular complexity index is 861. The minimum absolute atomic E-state index is 0.144. The maximum Gasteiger partial charge on any atom is 0.244 e. The van der Waals surface area contributed by atoms with Gasteiger partial charge in [0.1, 0.15) is 18.7 Å². The SMILES string of the molecule is Cc1cc(C)n(CC(=O)N2CC(c3nncn3CC(C)C)C3(CCCCC3)C2)n1. The zero-order valence-corrected chi connectivity index (χ0v) is 18.3. The first kappa shape index (κ1) is 20.1. The van der Waals surface area contributed by atoms with Gasteiger partial charge in [-0.25, -0.2) is 0 Å². The summed E-state index contributed by atoms with van der Waals surface area (Å²) in [6.45, 7) is 11.3. The Labute approximate surface area is 173 Å². The normalized spacial score (nSPS) is 21.4. The first-order chi connectivity index (χ1) is 13.9. The smallest absolute Gasteiger partial charge is 0.244 e. The van der Waals surface area contributed by atoms with E-state index in [2.05, 4.69) is 38.6 Å². The van der Waals surface area contributed by atoms with Crippen LogP contribution in [-0.4, -0.2) is 48.4 Å². The van der Waals surface area contributed by atoms with E-state index < -0.39 is 0 Å². The average molecular weight is 399 g/mol. The number of carbonyl (C=O) groups excluding carboxylic acids is 1. The number of aromatic nitrogens is 5. The second kappa shape index (κ2) is 7.92. The third kappa shape index (κ3) is 3.96. The van der Waals surface area contributed by atoms with Crippen LogP contribution >= 0.6 is 0 Å². The van der Waals surface area contributed by atoms with Crippen LogP contribution in [0.3, 0.4) is 0 Å². The summed E-state index contributed by atoms with van der Waals surface area (Å²) < 4.78 is 4.06. The van der Waals surface area contributed by atoms with Crippen molar-refractivity contribution in [1.82, 2.24) is 29.4 Å². The van der Waals surface area contributed by atoms with Gasteiger partial charge in [-0.2, -0.15) is 5.10 Å². The molecule has 1 saturated heterocycles. The van der Waals surface area contributed by atoms with Crippen molar-refractivity contribution in [3.05, 3.63) is 29.6 Å². The first-order valence-corrected chi connectivity index (χ1v) is 11.0. The Morgan fingerprint density at radius 2 is 2.00 bits per heavy atom. The molecular weight excluding hydrogens is 364 g/mol. The van der Waals surface area contributed by atoms with Crippen LogP contribution < -0.4 is 0 Å². The fourth-order valence-corrected chi connectivity index (χ4v) is 5.41. The lowest BCUT2D eigenvalue weighted by Gasteiger charge is -2.37. The Morgan fingerprint density at radius 1 is 1.24 bits per heavy atom. The molecule has 2 aromatic rings. The lowest BCUT2D eigenvalue weighted by Crippen LogP contribution is -2.36. The van der Waals surface area contributed by atoms with E-state index in [0.29, 0.717) is 12.5 Å². The van der Waals surface area contributed by atoms with Gasteiger partial charge in [-0.15, -0.1) is 10.2 Å². The van der Waals surface area contributed by atoms with E-state index in [9.17, 15) is 4.79 Å². The molecule has 2 fully saturated rings.